The van der Waals surface area contributed by atoms with Crippen LogP contribution in [0.1, 0.15) is 38.2 Å². The monoisotopic (exact) mass is 369 g/mol. The molecule has 2 aromatic rings. The van der Waals surface area contributed by atoms with Gasteiger partial charge < -0.3 is 15.4 Å². The molecule has 1 heterocycles. The molecule has 4 nitrogen and oxygen atoms in total. The molecule has 0 unspecified atom stereocenters. The first-order valence-electron chi connectivity index (χ1n) is 10.6. The average Bonchev–Trinajstić information content (AvgIpc) is 2.72. The van der Waals surface area contributed by atoms with Crippen LogP contribution >= 0.6 is 0 Å². The molecule has 0 bridgehead atoms. The molecular formula is C23H35N3O. The van der Waals surface area contributed by atoms with E-state index < -0.39 is 0 Å². The lowest BCUT2D eigenvalue weighted by Gasteiger charge is -2.35. The molecule has 0 aromatic heterocycles. The molecule has 1 aliphatic rings. The number of nitrogens with two attached hydrogens (primary N) is 1. The van der Waals surface area contributed by atoms with Gasteiger partial charge in [-0.3, -0.25) is 4.90 Å². The first-order valence-corrected chi connectivity index (χ1v) is 10.6. The van der Waals surface area contributed by atoms with Gasteiger partial charge in [-0.15, -0.1) is 0 Å². The van der Waals surface area contributed by atoms with Gasteiger partial charge in [0.05, 0.1) is 6.61 Å². The van der Waals surface area contributed by atoms with Crippen LogP contribution < -0.4 is 10.5 Å². The molecule has 27 heavy (non-hydrogen) atoms. The van der Waals surface area contributed by atoms with E-state index in [0.29, 0.717) is 0 Å². The lowest BCUT2D eigenvalue weighted by atomic mass is 10.0. The van der Waals surface area contributed by atoms with Gasteiger partial charge in [0.25, 0.3) is 0 Å². The topological polar surface area (TPSA) is 41.7 Å². The first-order chi connectivity index (χ1) is 13.3. The number of unbranched alkanes of at least 4 members (excludes halogenated alkanes) is 2. The second kappa shape index (κ2) is 10.6. The van der Waals surface area contributed by atoms with Crippen molar-refractivity contribution in [3.63, 3.8) is 0 Å². The van der Waals surface area contributed by atoms with Gasteiger partial charge in [-0.25, -0.2) is 0 Å². The Morgan fingerprint density at radius 3 is 2.48 bits per heavy atom. The molecule has 0 spiro atoms. The fraction of sp³-hybridized carbons (Fsp3) is 0.565. The van der Waals surface area contributed by atoms with Crippen LogP contribution in [-0.2, 0) is 6.54 Å². The summed E-state index contributed by atoms with van der Waals surface area (Å²) >= 11 is 0. The fourth-order valence-corrected chi connectivity index (χ4v) is 3.86. The standard InChI is InChI=1S/C23H35N3O/c1-2-3-6-18-27-23-11-10-20-8-4-5-9-21(20)22(23)19-26-16-14-25(15-17-26)13-7-12-24/h4-5,8-11H,2-3,6-7,12-19,24H2,1H3. The molecule has 2 N–H and O–H groups in total. The largest absolute Gasteiger partial charge is 0.493 e. The summed E-state index contributed by atoms with van der Waals surface area (Å²) < 4.78 is 6.21. The van der Waals surface area contributed by atoms with Gasteiger partial charge >= 0.3 is 0 Å². The smallest absolute Gasteiger partial charge is 0.124 e. The number of nitrogens with zero attached hydrogens (tertiary/aromatic N) is 2. The molecule has 1 aliphatic heterocycles. The van der Waals surface area contributed by atoms with Crippen LogP contribution in [0.25, 0.3) is 10.8 Å². The maximum absolute atomic E-state index is 6.21. The molecule has 0 atom stereocenters. The maximum atomic E-state index is 6.21. The van der Waals surface area contributed by atoms with Crippen LogP contribution in [0.4, 0.5) is 0 Å². The predicted octanol–water partition coefficient (Wildman–Crippen LogP) is 3.88. The van der Waals surface area contributed by atoms with Gasteiger partial charge in [-0.1, -0.05) is 50.1 Å². The highest BCUT2D eigenvalue weighted by molar-refractivity contribution is 5.87. The van der Waals surface area contributed by atoms with E-state index in [-0.39, 0.29) is 0 Å². The molecule has 2 aromatic carbocycles. The van der Waals surface area contributed by atoms with Crippen LogP contribution in [0.5, 0.6) is 5.75 Å². The van der Waals surface area contributed by atoms with Crippen molar-refractivity contribution >= 4 is 10.8 Å². The number of hydrogen-bond donors (Lipinski definition) is 1. The zero-order chi connectivity index (χ0) is 18.9. The first kappa shape index (κ1) is 20.1. The van der Waals surface area contributed by atoms with E-state index in [0.717, 1.165) is 71.0 Å². The van der Waals surface area contributed by atoms with Crippen LogP contribution in [0.3, 0.4) is 0 Å². The second-order valence-corrected chi connectivity index (χ2v) is 7.58. The lowest BCUT2D eigenvalue weighted by Crippen LogP contribution is -2.46. The van der Waals surface area contributed by atoms with E-state index >= 15 is 0 Å². The van der Waals surface area contributed by atoms with Crippen molar-refractivity contribution in [3.05, 3.63) is 42.0 Å². The third kappa shape index (κ3) is 5.68. The second-order valence-electron chi connectivity index (χ2n) is 7.58. The molecule has 0 amide bonds. The van der Waals surface area contributed by atoms with Crippen molar-refractivity contribution in [2.75, 3.05) is 45.9 Å². The molecule has 1 saturated heterocycles. The van der Waals surface area contributed by atoms with Crippen LogP contribution in [-0.4, -0.2) is 55.7 Å². The van der Waals surface area contributed by atoms with Crippen molar-refractivity contribution < 1.29 is 4.74 Å². The highest BCUT2D eigenvalue weighted by Gasteiger charge is 2.19. The van der Waals surface area contributed by atoms with Crippen LogP contribution in [0.2, 0.25) is 0 Å². The Hall–Kier alpha value is -1.62. The van der Waals surface area contributed by atoms with Gasteiger partial charge in [0.1, 0.15) is 5.75 Å². The molecule has 1 fully saturated rings. The van der Waals surface area contributed by atoms with Gasteiger partial charge in [0.2, 0.25) is 0 Å². The summed E-state index contributed by atoms with van der Waals surface area (Å²) in [6, 6.07) is 13.0. The van der Waals surface area contributed by atoms with Gasteiger partial charge in [-0.05, 0) is 42.8 Å². The summed E-state index contributed by atoms with van der Waals surface area (Å²) in [6.07, 6.45) is 4.68. The molecule has 148 valence electrons. The summed E-state index contributed by atoms with van der Waals surface area (Å²) in [5.74, 6) is 1.07. The minimum atomic E-state index is 0.787. The predicted molar refractivity (Wildman–Crippen MR) is 114 cm³/mol. The molecule has 0 aliphatic carbocycles. The van der Waals surface area contributed by atoms with Gasteiger partial charge in [-0.2, -0.15) is 0 Å². The van der Waals surface area contributed by atoms with E-state index in [2.05, 4.69) is 53.1 Å². The van der Waals surface area contributed by atoms with Crippen LogP contribution in [0, 0.1) is 0 Å². The number of rotatable bonds is 10. The van der Waals surface area contributed by atoms with Gasteiger partial charge in [0.15, 0.2) is 0 Å². The fourth-order valence-electron chi connectivity index (χ4n) is 3.86. The molecule has 4 heteroatoms. The molecule has 0 radical (unpaired) electrons. The molecule has 3 rings (SSSR count). The number of ether oxygens (including phenoxy) is 1. The summed E-state index contributed by atoms with van der Waals surface area (Å²) in [4.78, 5) is 5.11. The Morgan fingerprint density at radius 1 is 0.926 bits per heavy atom. The Morgan fingerprint density at radius 2 is 1.70 bits per heavy atom. The third-order valence-corrected chi connectivity index (χ3v) is 5.53. The van der Waals surface area contributed by atoms with Crippen molar-refractivity contribution in [3.8, 4) is 5.75 Å². The number of benzene rings is 2. The Balaban J connectivity index is 1.69. The van der Waals surface area contributed by atoms with Crippen molar-refractivity contribution in [2.45, 2.75) is 39.2 Å². The SMILES string of the molecule is CCCCCOc1ccc2ccccc2c1CN1CCN(CCCN)CC1. The molecular weight excluding hydrogens is 334 g/mol. The Labute approximate surface area is 164 Å². The zero-order valence-electron chi connectivity index (χ0n) is 16.8. The maximum Gasteiger partial charge on any atom is 0.124 e. The number of fused-ring (bicyclic) bond motifs is 1. The Kier molecular flexibility index (Phi) is 7.93. The molecule has 0 saturated carbocycles. The third-order valence-electron chi connectivity index (χ3n) is 5.53. The van der Waals surface area contributed by atoms with Crippen LogP contribution in [0.15, 0.2) is 36.4 Å². The lowest BCUT2D eigenvalue weighted by molar-refractivity contribution is 0.126. The summed E-state index contributed by atoms with van der Waals surface area (Å²) in [5.41, 5.74) is 7.00. The summed E-state index contributed by atoms with van der Waals surface area (Å²) in [6.45, 7) is 10.4. The highest BCUT2D eigenvalue weighted by atomic mass is 16.5. The summed E-state index contributed by atoms with van der Waals surface area (Å²) in [7, 11) is 0. The minimum absolute atomic E-state index is 0.787. The Bertz CT molecular complexity index is 695. The van der Waals surface area contributed by atoms with Crippen molar-refractivity contribution in [1.29, 1.82) is 0 Å². The van der Waals surface area contributed by atoms with E-state index in [4.69, 9.17) is 10.5 Å². The summed E-state index contributed by atoms with van der Waals surface area (Å²) in [5, 5.41) is 2.63. The minimum Gasteiger partial charge on any atom is -0.493 e. The quantitative estimate of drug-likeness (QED) is 0.646. The number of piperazine rings is 1. The highest BCUT2D eigenvalue weighted by Crippen LogP contribution is 2.30. The average molecular weight is 370 g/mol. The van der Waals surface area contributed by atoms with E-state index in [9.17, 15) is 0 Å². The van der Waals surface area contributed by atoms with Crippen molar-refractivity contribution in [2.24, 2.45) is 5.73 Å². The van der Waals surface area contributed by atoms with E-state index in [1.807, 2.05) is 0 Å². The van der Waals surface area contributed by atoms with Gasteiger partial charge in [0, 0.05) is 38.3 Å². The van der Waals surface area contributed by atoms with E-state index in [1.54, 1.807) is 0 Å². The van der Waals surface area contributed by atoms with E-state index in [1.165, 1.54) is 29.2 Å². The normalized spacial score (nSPS) is 16.1. The number of hydrogen-bond acceptors (Lipinski definition) is 4. The zero-order valence-corrected chi connectivity index (χ0v) is 16.8. The van der Waals surface area contributed by atoms with Crippen molar-refractivity contribution in [1.82, 2.24) is 9.80 Å².